The molecule has 11 nitrogen and oxygen atoms in total. The van der Waals surface area contributed by atoms with Gasteiger partial charge in [0.1, 0.15) is 0 Å². The minimum absolute atomic E-state index is 0.217. The fourth-order valence-electron chi connectivity index (χ4n) is 4.87. The lowest BCUT2D eigenvalue weighted by atomic mass is 10.1. The van der Waals surface area contributed by atoms with Crippen molar-refractivity contribution in [3.8, 4) is 11.5 Å². The Kier molecular flexibility index (Phi) is 7.87. The Morgan fingerprint density at radius 2 is 1.72 bits per heavy atom. The number of aromatic nitrogens is 4. The van der Waals surface area contributed by atoms with Gasteiger partial charge >= 0.3 is 0 Å². The van der Waals surface area contributed by atoms with Gasteiger partial charge in [-0.15, -0.1) is 0 Å². The third kappa shape index (κ3) is 6.11. The van der Waals surface area contributed by atoms with Crippen molar-refractivity contribution in [2.75, 3.05) is 44.2 Å². The summed E-state index contributed by atoms with van der Waals surface area (Å²) in [7, 11) is -0.186. The molecule has 0 atom stereocenters. The quantitative estimate of drug-likeness (QED) is 0.238. The van der Waals surface area contributed by atoms with Crippen LogP contribution in [-0.4, -0.2) is 66.2 Å². The highest BCUT2D eigenvalue weighted by Gasteiger charge is 2.22. The van der Waals surface area contributed by atoms with Gasteiger partial charge in [0.05, 0.1) is 17.8 Å². The summed E-state index contributed by atoms with van der Waals surface area (Å²) in [5.74, 6) is 2.48. The summed E-state index contributed by atoms with van der Waals surface area (Å²) < 4.78 is 40.4. The van der Waals surface area contributed by atoms with Crippen molar-refractivity contribution >= 4 is 33.0 Å². The average Bonchev–Trinajstić information content (AvgIpc) is 3.65. The van der Waals surface area contributed by atoms with Crippen LogP contribution in [0.3, 0.4) is 0 Å². The number of anilines is 2. The van der Waals surface area contributed by atoms with E-state index in [0.29, 0.717) is 48.3 Å². The van der Waals surface area contributed by atoms with Gasteiger partial charge in [0.25, 0.3) is 0 Å². The summed E-state index contributed by atoms with van der Waals surface area (Å²) in [5.41, 5.74) is 4.64. The van der Waals surface area contributed by atoms with E-state index in [1.54, 1.807) is 43.7 Å². The first-order valence-corrected chi connectivity index (χ1v) is 15.4. The van der Waals surface area contributed by atoms with E-state index in [9.17, 15) is 8.42 Å². The van der Waals surface area contributed by atoms with Crippen molar-refractivity contribution in [3.63, 3.8) is 0 Å². The molecule has 0 saturated carbocycles. The minimum Gasteiger partial charge on any atom is -0.454 e. The Morgan fingerprint density at radius 1 is 0.907 bits per heavy atom. The molecule has 1 aliphatic heterocycles. The molecule has 0 amide bonds. The monoisotopic (exact) mass is 599 g/mol. The highest BCUT2D eigenvalue weighted by molar-refractivity contribution is 7.89. The Hall–Kier alpha value is -4.68. The van der Waals surface area contributed by atoms with Crippen LogP contribution in [0.4, 0.5) is 11.8 Å². The van der Waals surface area contributed by atoms with Crippen molar-refractivity contribution in [3.05, 3.63) is 95.8 Å². The molecule has 0 unspecified atom stereocenters. The van der Waals surface area contributed by atoms with Crippen molar-refractivity contribution in [1.82, 2.24) is 23.8 Å². The second kappa shape index (κ2) is 11.9. The van der Waals surface area contributed by atoms with E-state index in [1.807, 2.05) is 40.8 Å². The Bertz CT molecular complexity index is 1860. The molecular weight excluding hydrogens is 566 g/mol. The molecule has 3 heterocycles. The van der Waals surface area contributed by atoms with Crippen molar-refractivity contribution in [2.45, 2.75) is 24.9 Å². The zero-order chi connectivity index (χ0) is 30.0. The van der Waals surface area contributed by atoms with Gasteiger partial charge in [-0.05, 0) is 42.3 Å². The molecule has 222 valence electrons. The number of ether oxygens (including phenoxy) is 2. The van der Waals surface area contributed by atoms with Crippen molar-refractivity contribution < 1.29 is 17.9 Å². The first kappa shape index (κ1) is 28.4. The first-order chi connectivity index (χ1) is 20.8. The molecule has 2 aromatic heterocycles. The molecule has 1 N–H and O–H groups in total. The van der Waals surface area contributed by atoms with E-state index in [4.69, 9.17) is 19.4 Å². The van der Waals surface area contributed by atoms with Gasteiger partial charge in [-0.25, -0.2) is 13.4 Å². The van der Waals surface area contributed by atoms with E-state index in [1.165, 1.54) is 9.87 Å². The number of nitrogens with one attached hydrogen (secondary N) is 1. The summed E-state index contributed by atoms with van der Waals surface area (Å²) in [4.78, 5) is 16.5. The SMILES string of the molecule is Cc1cccc(Cn2cnc3c(NCc4ccc5c(c4)OCO5)nc(N(C)CCN(C)S(=O)(=O)c4ccccc4)nc32)c1. The van der Waals surface area contributed by atoms with E-state index >= 15 is 0 Å². The number of rotatable bonds is 11. The maximum atomic E-state index is 13.0. The highest BCUT2D eigenvalue weighted by Crippen LogP contribution is 2.33. The lowest BCUT2D eigenvalue weighted by molar-refractivity contribution is 0.174. The predicted octanol–water partition coefficient (Wildman–Crippen LogP) is 4.28. The third-order valence-electron chi connectivity index (χ3n) is 7.33. The summed E-state index contributed by atoms with van der Waals surface area (Å²) in [5, 5.41) is 3.43. The molecule has 43 heavy (non-hydrogen) atoms. The summed E-state index contributed by atoms with van der Waals surface area (Å²) >= 11 is 0. The number of imidazole rings is 1. The van der Waals surface area contributed by atoms with Gasteiger partial charge in [0.15, 0.2) is 28.5 Å². The van der Waals surface area contributed by atoms with Crippen LogP contribution in [0.25, 0.3) is 11.2 Å². The average molecular weight is 600 g/mol. The fourth-order valence-corrected chi connectivity index (χ4v) is 6.05. The van der Waals surface area contributed by atoms with E-state index in [-0.39, 0.29) is 18.2 Å². The lowest BCUT2D eigenvalue weighted by Crippen LogP contribution is -2.35. The maximum Gasteiger partial charge on any atom is 0.242 e. The van der Waals surface area contributed by atoms with Crippen molar-refractivity contribution in [1.29, 1.82) is 0 Å². The molecule has 3 aromatic carbocycles. The van der Waals surface area contributed by atoms with Gasteiger partial charge < -0.3 is 24.3 Å². The molecule has 0 spiro atoms. The third-order valence-corrected chi connectivity index (χ3v) is 9.20. The Balaban J connectivity index is 1.27. The zero-order valence-electron chi connectivity index (χ0n) is 24.3. The van der Waals surface area contributed by atoms with E-state index in [2.05, 4.69) is 35.4 Å². The van der Waals surface area contributed by atoms with Crippen LogP contribution in [0, 0.1) is 6.92 Å². The molecule has 5 aromatic rings. The summed E-state index contributed by atoms with van der Waals surface area (Å²) in [6.45, 7) is 3.98. The minimum atomic E-state index is -3.62. The topological polar surface area (TPSA) is 115 Å². The smallest absolute Gasteiger partial charge is 0.242 e. The van der Waals surface area contributed by atoms with Crippen LogP contribution in [0.5, 0.6) is 11.5 Å². The lowest BCUT2D eigenvalue weighted by Gasteiger charge is -2.22. The van der Waals surface area contributed by atoms with Crippen LogP contribution < -0.4 is 19.7 Å². The second-order valence-electron chi connectivity index (χ2n) is 10.5. The molecule has 0 bridgehead atoms. The van der Waals surface area contributed by atoms with E-state index < -0.39 is 10.0 Å². The van der Waals surface area contributed by atoms with Crippen LogP contribution in [0.15, 0.2) is 84.0 Å². The van der Waals surface area contributed by atoms with Crippen molar-refractivity contribution in [2.24, 2.45) is 0 Å². The van der Waals surface area contributed by atoms with Crippen LogP contribution in [0.2, 0.25) is 0 Å². The van der Waals surface area contributed by atoms with Gasteiger partial charge in [0.2, 0.25) is 22.8 Å². The summed E-state index contributed by atoms with van der Waals surface area (Å²) in [6, 6.07) is 22.6. The molecule has 6 rings (SSSR count). The number of aryl methyl sites for hydroxylation is 1. The predicted molar refractivity (Wildman–Crippen MR) is 165 cm³/mol. The van der Waals surface area contributed by atoms with Crippen LogP contribution >= 0.6 is 0 Å². The fraction of sp³-hybridized carbons (Fsp3) is 0.258. The van der Waals surface area contributed by atoms with Gasteiger partial charge in [-0.2, -0.15) is 14.3 Å². The maximum absolute atomic E-state index is 13.0. The zero-order valence-corrected chi connectivity index (χ0v) is 25.1. The molecule has 12 heteroatoms. The molecule has 0 radical (unpaired) electrons. The Labute approximate surface area is 250 Å². The number of fused-ring (bicyclic) bond motifs is 2. The Morgan fingerprint density at radius 3 is 2.53 bits per heavy atom. The largest absolute Gasteiger partial charge is 0.454 e. The highest BCUT2D eigenvalue weighted by atomic mass is 32.2. The normalized spacial score (nSPS) is 12.7. The van der Waals surface area contributed by atoms with Crippen LogP contribution in [0.1, 0.15) is 16.7 Å². The number of hydrogen-bond donors (Lipinski definition) is 1. The second-order valence-corrected chi connectivity index (χ2v) is 12.6. The standard InChI is InChI=1S/C31H33N7O4S/c1-22-8-7-9-24(16-22)19-38-20-33-28-29(32-18-23-12-13-26-27(17-23)42-21-41-26)34-31(35-30(28)38)36(2)14-15-37(3)43(39,40)25-10-5-4-6-11-25/h4-13,16-17,20H,14-15,18-19,21H2,1-3H3,(H,32,34,35). The van der Waals surface area contributed by atoms with Crippen LogP contribution in [-0.2, 0) is 23.1 Å². The molecule has 1 aliphatic rings. The number of nitrogens with zero attached hydrogens (tertiary/aromatic N) is 6. The van der Waals surface area contributed by atoms with Gasteiger partial charge in [-0.1, -0.05) is 54.1 Å². The van der Waals surface area contributed by atoms with Gasteiger partial charge in [-0.3, -0.25) is 0 Å². The van der Waals surface area contributed by atoms with E-state index in [0.717, 1.165) is 16.9 Å². The molecule has 0 saturated heterocycles. The number of hydrogen-bond acceptors (Lipinski definition) is 9. The first-order valence-electron chi connectivity index (χ1n) is 13.9. The number of benzene rings is 3. The van der Waals surface area contributed by atoms with Gasteiger partial charge in [0, 0.05) is 33.7 Å². The number of sulfonamides is 1. The molecule has 0 aliphatic carbocycles. The number of likely N-dealkylation sites (N-methyl/N-ethyl adjacent to an activating group) is 2. The molecule has 0 fully saturated rings. The molecular formula is C31H33N7O4S. The summed E-state index contributed by atoms with van der Waals surface area (Å²) in [6.07, 6.45) is 1.78.